The Balaban J connectivity index is 1.88. The smallest absolute Gasteiger partial charge is 0.260 e. The summed E-state index contributed by atoms with van der Waals surface area (Å²) in [5.74, 6) is 0.975. The summed E-state index contributed by atoms with van der Waals surface area (Å²) in [6.45, 7) is 6.57. The maximum atomic E-state index is 12.2. The summed E-state index contributed by atoms with van der Waals surface area (Å²) in [6.07, 6.45) is 0.376. The van der Waals surface area contributed by atoms with E-state index in [-0.39, 0.29) is 11.8 Å². The molecule has 0 saturated carbocycles. The van der Waals surface area contributed by atoms with Gasteiger partial charge in [-0.25, -0.2) is 0 Å². The normalized spacial score (nSPS) is 13.2. The van der Waals surface area contributed by atoms with Gasteiger partial charge in [-0.05, 0) is 36.5 Å². The van der Waals surface area contributed by atoms with Crippen molar-refractivity contribution in [3.63, 3.8) is 0 Å². The van der Waals surface area contributed by atoms with Crippen molar-refractivity contribution in [3.05, 3.63) is 65.7 Å². The summed E-state index contributed by atoms with van der Waals surface area (Å²) < 4.78 is 5.82. The first-order chi connectivity index (χ1) is 11.1. The number of para-hydroxylation sites is 1. The number of aryl methyl sites for hydroxylation is 1. The second kappa shape index (κ2) is 8.37. The summed E-state index contributed by atoms with van der Waals surface area (Å²) in [5, 5.41) is 2.97. The average molecular weight is 311 g/mol. The summed E-state index contributed by atoms with van der Waals surface area (Å²) >= 11 is 0. The van der Waals surface area contributed by atoms with Crippen LogP contribution in [0.3, 0.4) is 0 Å². The van der Waals surface area contributed by atoms with E-state index in [2.05, 4.69) is 31.3 Å². The number of nitrogens with one attached hydrogen (secondary N) is 1. The van der Waals surface area contributed by atoms with E-state index in [1.165, 1.54) is 5.56 Å². The lowest BCUT2D eigenvalue weighted by atomic mass is 10.0. The number of carbonyl (C=O) groups excluding carboxylic acids is 1. The third kappa shape index (κ3) is 4.85. The van der Waals surface area contributed by atoms with E-state index in [1.807, 2.05) is 42.5 Å². The van der Waals surface area contributed by atoms with Crippen LogP contribution in [-0.2, 0) is 11.2 Å². The predicted octanol–water partition coefficient (Wildman–Crippen LogP) is 3.94. The zero-order chi connectivity index (χ0) is 16.7. The third-order valence-electron chi connectivity index (χ3n) is 3.98. The van der Waals surface area contributed by atoms with Crippen molar-refractivity contribution in [1.82, 2.24) is 5.32 Å². The van der Waals surface area contributed by atoms with Crippen LogP contribution >= 0.6 is 0 Å². The third-order valence-corrected chi connectivity index (χ3v) is 3.98. The Kier molecular flexibility index (Phi) is 6.21. The van der Waals surface area contributed by atoms with Crippen molar-refractivity contribution in [1.29, 1.82) is 0 Å². The number of hydrogen-bond donors (Lipinski definition) is 1. The molecule has 0 aliphatic rings. The van der Waals surface area contributed by atoms with Crippen molar-refractivity contribution < 1.29 is 9.53 Å². The first-order valence-corrected chi connectivity index (χ1v) is 8.19. The Labute approximate surface area is 138 Å². The van der Waals surface area contributed by atoms with E-state index < -0.39 is 6.10 Å². The first kappa shape index (κ1) is 17.1. The van der Waals surface area contributed by atoms with Gasteiger partial charge >= 0.3 is 0 Å². The van der Waals surface area contributed by atoms with Crippen LogP contribution in [0.15, 0.2) is 54.6 Å². The van der Waals surface area contributed by atoms with E-state index in [0.29, 0.717) is 6.54 Å². The van der Waals surface area contributed by atoms with Crippen molar-refractivity contribution in [2.45, 2.75) is 39.2 Å². The molecule has 23 heavy (non-hydrogen) atoms. The highest BCUT2D eigenvalue weighted by atomic mass is 16.5. The second-order valence-corrected chi connectivity index (χ2v) is 5.78. The molecule has 0 bridgehead atoms. The molecule has 2 rings (SSSR count). The summed E-state index contributed by atoms with van der Waals surface area (Å²) in [6, 6.07) is 18.0. The standard InChI is InChI=1S/C20H25NO2/c1-4-17-10-8-9-13-19(17)23-16(3)20(22)21-14-15(2)18-11-6-5-7-12-18/h5-13,15-16H,4,14H2,1-3H3,(H,21,22). The van der Waals surface area contributed by atoms with Crippen molar-refractivity contribution in [2.24, 2.45) is 0 Å². The van der Waals surface area contributed by atoms with Crippen molar-refractivity contribution in [2.75, 3.05) is 6.54 Å². The molecule has 0 aromatic heterocycles. The van der Waals surface area contributed by atoms with Gasteiger partial charge in [-0.1, -0.05) is 62.4 Å². The molecule has 0 spiro atoms. The fraction of sp³-hybridized carbons (Fsp3) is 0.350. The van der Waals surface area contributed by atoms with E-state index >= 15 is 0 Å². The number of carbonyl (C=O) groups is 1. The lowest BCUT2D eigenvalue weighted by Gasteiger charge is -2.18. The largest absolute Gasteiger partial charge is 0.481 e. The minimum absolute atomic E-state index is 0.0845. The molecule has 1 N–H and O–H groups in total. The SMILES string of the molecule is CCc1ccccc1OC(C)C(=O)NCC(C)c1ccccc1. The highest BCUT2D eigenvalue weighted by molar-refractivity contribution is 5.80. The Morgan fingerprint density at radius 1 is 1.04 bits per heavy atom. The van der Waals surface area contributed by atoms with E-state index in [4.69, 9.17) is 4.74 Å². The minimum atomic E-state index is -0.509. The van der Waals surface area contributed by atoms with Crippen molar-refractivity contribution in [3.8, 4) is 5.75 Å². The molecule has 0 saturated heterocycles. The van der Waals surface area contributed by atoms with E-state index in [0.717, 1.165) is 17.7 Å². The molecule has 3 heteroatoms. The molecule has 0 aliphatic heterocycles. The minimum Gasteiger partial charge on any atom is -0.481 e. The Morgan fingerprint density at radius 3 is 2.39 bits per heavy atom. The highest BCUT2D eigenvalue weighted by Crippen LogP contribution is 2.20. The molecule has 0 fully saturated rings. The van der Waals surface area contributed by atoms with Gasteiger partial charge in [0.05, 0.1) is 0 Å². The molecular formula is C20H25NO2. The summed E-state index contributed by atoms with van der Waals surface area (Å²) in [4.78, 5) is 12.2. The lowest BCUT2D eigenvalue weighted by molar-refractivity contribution is -0.127. The quantitative estimate of drug-likeness (QED) is 0.841. The van der Waals surface area contributed by atoms with Crippen LogP contribution < -0.4 is 10.1 Å². The molecule has 0 aliphatic carbocycles. The molecule has 2 aromatic rings. The van der Waals surface area contributed by atoms with Gasteiger partial charge in [-0.15, -0.1) is 0 Å². The number of benzene rings is 2. The molecule has 1 amide bonds. The lowest BCUT2D eigenvalue weighted by Crippen LogP contribution is -2.38. The van der Waals surface area contributed by atoms with Crippen LogP contribution in [0.2, 0.25) is 0 Å². The van der Waals surface area contributed by atoms with Gasteiger partial charge in [-0.3, -0.25) is 4.79 Å². The zero-order valence-electron chi connectivity index (χ0n) is 14.1. The van der Waals surface area contributed by atoms with Crippen LogP contribution in [0.1, 0.15) is 37.8 Å². The first-order valence-electron chi connectivity index (χ1n) is 8.19. The maximum Gasteiger partial charge on any atom is 0.260 e. The predicted molar refractivity (Wildman–Crippen MR) is 93.8 cm³/mol. The fourth-order valence-corrected chi connectivity index (χ4v) is 2.45. The number of rotatable bonds is 7. The number of amides is 1. The van der Waals surface area contributed by atoms with Gasteiger partial charge in [0.1, 0.15) is 5.75 Å². The molecule has 0 heterocycles. The Morgan fingerprint density at radius 2 is 1.70 bits per heavy atom. The average Bonchev–Trinajstić information content (AvgIpc) is 2.60. The second-order valence-electron chi connectivity index (χ2n) is 5.78. The molecule has 2 atom stereocenters. The highest BCUT2D eigenvalue weighted by Gasteiger charge is 2.16. The van der Waals surface area contributed by atoms with Crippen LogP contribution in [0.25, 0.3) is 0 Å². The Hall–Kier alpha value is -2.29. The molecule has 2 unspecified atom stereocenters. The van der Waals surface area contributed by atoms with Crippen molar-refractivity contribution >= 4 is 5.91 Å². The van der Waals surface area contributed by atoms with Gasteiger partial charge in [0, 0.05) is 6.54 Å². The van der Waals surface area contributed by atoms with E-state index in [9.17, 15) is 4.79 Å². The molecule has 2 aromatic carbocycles. The molecule has 122 valence electrons. The van der Waals surface area contributed by atoms with Crippen LogP contribution in [0, 0.1) is 0 Å². The van der Waals surface area contributed by atoms with Crippen LogP contribution in [0.5, 0.6) is 5.75 Å². The summed E-state index contributed by atoms with van der Waals surface area (Å²) in [5.41, 5.74) is 2.34. The Bertz CT molecular complexity index is 625. The molecule has 0 radical (unpaired) electrons. The zero-order valence-corrected chi connectivity index (χ0v) is 14.1. The fourth-order valence-electron chi connectivity index (χ4n) is 2.45. The summed E-state index contributed by atoms with van der Waals surface area (Å²) in [7, 11) is 0. The van der Waals surface area contributed by atoms with Crippen LogP contribution in [-0.4, -0.2) is 18.6 Å². The van der Waals surface area contributed by atoms with Crippen LogP contribution in [0.4, 0.5) is 0 Å². The van der Waals surface area contributed by atoms with Gasteiger partial charge in [0.25, 0.3) is 5.91 Å². The number of ether oxygens (including phenoxy) is 1. The molecule has 3 nitrogen and oxygen atoms in total. The van der Waals surface area contributed by atoms with Gasteiger partial charge < -0.3 is 10.1 Å². The maximum absolute atomic E-state index is 12.2. The topological polar surface area (TPSA) is 38.3 Å². The monoisotopic (exact) mass is 311 g/mol. The van der Waals surface area contributed by atoms with Gasteiger partial charge in [-0.2, -0.15) is 0 Å². The van der Waals surface area contributed by atoms with Gasteiger partial charge in [0.15, 0.2) is 6.10 Å². The van der Waals surface area contributed by atoms with Gasteiger partial charge in [0.2, 0.25) is 0 Å². The number of hydrogen-bond acceptors (Lipinski definition) is 2. The molecular weight excluding hydrogens is 286 g/mol. The van der Waals surface area contributed by atoms with E-state index in [1.54, 1.807) is 6.92 Å².